The van der Waals surface area contributed by atoms with Gasteiger partial charge >= 0.3 is 0 Å². The second kappa shape index (κ2) is 5.50. The van der Waals surface area contributed by atoms with Crippen molar-refractivity contribution < 1.29 is 5.11 Å². The molecule has 0 spiro atoms. The Hall–Kier alpha value is -0.810. The summed E-state index contributed by atoms with van der Waals surface area (Å²) in [6.45, 7) is 4.23. The first-order valence-corrected chi connectivity index (χ1v) is 6.66. The van der Waals surface area contributed by atoms with Crippen LogP contribution in [0.1, 0.15) is 19.0 Å². The first-order chi connectivity index (χ1) is 7.83. The van der Waals surface area contributed by atoms with E-state index in [-0.39, 0.29) is 6.61 Å². The molecule has 0 radical (unpaired) electrons. The highest BCUT2D eigenvalue weighted by Gasteiger charge is 2.20. The molecule has 16 heavy (non-hydrogen) atoms. The number of nitrogens with zero attached hydrogens (tertiary/aromatic N) is 3. The summed E-state index contributed by atoms with van der Waals surface area (Å²) < 4.78 is 0. The van der Waals surface area contributed by atoms with Gasteiger partial charge in [-0.25, -0.2) is 4.98 Å². The third kappa shape index (κ3) is 2.65. The van der Waals surface area contributed by atoms with Gasteiger partial charge < -0.3 is 10.0 Å². The fourth-order valence-corrected chi connectivity index (χ4v) is 2.98. The minimum absolute atomic E-state index is 0.0410. The van der Waals surface area contributed by atoms with Crippen molar-refractivity contribution in [2.24, 2.45) is 0 Å². The maximum atomic E-state index is 9.03. The van der Waals surface area contributed by atoms with Gasteiger partial charge in [-0.3, -0.25) is 4.98 Å². The molecule has 1 aromatic rings. The van der Waals surface area contributed by atoms with E-state index in [1.165, 1.54) is 6.42 Å². The minimum Gasteiger partial charge on any atom is -0.390 e. The van der Waals surface area contributed by atoms with Crippen molar-refractivity contribution in [3.05, 3.63) is 18.1 Å². The van der Waals surface area contributed by atoms with E-state index >= 15 is 0 Å². The fraction of sp³-hybridized carbons (Fsp3) is 0.636. The van der Waals surface area contributed by atoms with E-state index in [0.29, 0.717) is 10.9 Å². The standard InChI is InChI=1S/C11H17N3OS/c1-2-10-7-14(3-4-16-10)11-6-12-5-9(8-15)13-11/h5-6,10,15H,2-4,7-8H2,1H3. The second-order valence-corrected chi connectivity index (χ2v) is 5.28. The third-order valence-corrected chi connectivity index (χ3v) is 4.12. The van der Waals surface area contributed by atoms with Gasteiger partial charge in [0.25, 0.3) is 0 Å². The Morgan fingerprint density at radius 1 is 1.56 bits per heavy atom. The molecule has 2 heterocycles. The highest BCUT2D eigenvalue weighted by molar-refractivity contribution is 8.00. The summed E-state index contributed by atoms with van der Waals surface area (Å²) in [7, 11) is 0. The molecular weight excluding hydrogens is 222 g/mol. The number of thioether (sulfide) groups is 1. The van der Waals surface area contributed by atoms with Crippen LogP contribution in [0.3, 0.4) is 0 Å². The molecule has 0 aliphatic carbocycles. The van der Waals surface area contributed by atoms with Crippen LogP contribution in [0.15, 0.2) is 12.4 Å². The zero-order chi connectivity index (χ0) is 11.4. The lowest BCUT2D eigenvalue weighted by molar-refractivity contribution is 0.276. The molecule has 1 aliphatic heterocycles. The van der Waals surface area contributed by atoms with E-state index in [1.54, 1.807) is 12.4 Å². The lowest BCUT2D eigenvalue weighted by Gasteiger charge is -2.32. The molecule has 0 saturated carbocycles. The van der Waals surface area contributed by atoms with Gasteiger partial charge in [0.05, 0.1) is 24.7 Å². The fourth-order valence-electron chi connectivity index (χ4n) is 1.80. The van der Waals surface area contributed by atoms with E-state index in [4.69, 9.17) is 5.11 Å². The average molecular weight is 239 g/mol. The molecule has 5 heteroatoms. The molecule has 0 amide bonds. The topological polar surface area (TPSA) is 49.2 Å². The molecule has 1 saturated heterocycles. The van der Waals surface area contributed by atoms with Crippen LogP contribution in [-0.4, -0.2) is 39.2 Å². The predicted octanol–water partition coefficient (Wildman–Crippen LogP) is 1.30. The van der Waals surface area contributed by atoms with Gasteiger partial charge in [0.15, 0.2) is 0 Å². The molecule has 88 valence electrons. The number of hydrogen-bond acceptors (Lipinski definition) is 5. The summed E-state index contributed by atoms with van der Waals surface area (Å²) >= 11 is 2.03. The summed E-state index contributed by atoms with van der Waals surface area (Å²) in [6.07, 6.45) is 4.58. The van der Waals surface area contributed by atoms with Gasteiger partial charge in [-0.2, -0.15) is 11.8 Å². The van der Waals surface area contributed by atoms with Crippen LogP contribution in [0.5, 0.6) is 0 Å². The number of aliphatic hydroxyl groups is 1. The Bertz CT molecular complexity index is 348. The number of hydrogen-bond donors (Lipinski definition) is 1. The summed E-state index contributed by atoms with van der Waals surface area (Å²) in [5.41, 5.74) is 0.642. The van der Waals surface area contributed by atoms with Crippen molar-refractivity contribution in [3.63, 3.8) is 0 Å². The number of rotatable bonds is 3. The maximum absolute atomic E-state index is 9.03. The highest BCUT2D eigenvalue weighted by Crippen LogP contribution is 2.24. The zero-order valence-corrected chi connectivity index (χ0v) is 10.3. The molecule has 2 rings (SSSR count). The van der Waals surface area contributed by atoms with E-state index in [2.05, 4.69) is 21.8 Å². The smallest absolute Gasteiger partial charge is 0.147 e. The lowest BCUT2D eigenvalue weighted by Crippen LogP contribution is -2.38. The predicted molar refractivity (Wildman–Crippen MR) is 66.7 cm³/mol. The van der Waals surface area contributed by atoms with Crippen molar-refractivity contribution in [1.82, 2.24) is 9.97 Å². The van der Waals surface area contributed by atoms with Gasteiger partial charge in [-0.1, -0.05) is 6.92 Å². The van der Waals surface area contributed by atoms with Crippen molar-refractivity contribution in [1.29, 1.82) is 0 Å². The van der Waals surface area contributed by atoms with Crippen molar-refractivity contribution in [2.45, 2.75) is 25.2 Å². The monoisotopic (exact) mass is 239 g/mol. The first kappa shape index (κ1) is 11.7. The molecule has 1 aromatic heterocycles. The van der Waals surface area contributed by atoms with E-state index < -0.39 is 0 Å². The first-order valence-electron chi connectivity index (χ1n) is 5.61. The largest absolute Gasteiger partial charge is 0.390 e. The summed E-state index contributed by atoms with van der Waals surface area (Å²) in [6, 6.07) is 0. The average Bonchev–Trinajstić information content (AvgIpc) is 2.39. The Kier molecular flexibility index (Phi) is 4.01. The molecule has 4 nitrogen and oxygen atoms in total. The molecule has 0 aromatic carbocycles. The Morgan fingerprint density at radius 2 is 2.44 bits per heavy atom. The van der Waals surface area contributed by atoms with Crippen LogP contribution in [0.25, 0.3) is 0 Å². The molecule has 1 unspecified atom stereocenters. The second-order valence-electron chi connectivity index (χ2n) is 3.87. The Balaban J connectivity index is 2.10. The number of aliphatic hydroxyl groups excluding tert-OH is 1. The number of aromatic nitrogens is 2. The summed E-state index contributed by atoms with van der Waals surface area (Å²) in [4.78, 5) is 10.8. The van der Waals surface area contributed by atoms with Gasteiger partial charge in [0.1, 0.15) is 5.82 Å². The third-order valence-electron chi connectivity index (χ3n) is 2.75. The molecule has 1 fully saturated rings. The minimum atomic E-state index is -0.0410. The van der Waals surface area contributed by atoms with Crippen LogP contribution < -0.4 is 4.90 Å². The van der Waals surface area contributed by atoms with Crippen LogP contribution in [0.4, 0.5) is 5.82 Å². The van der Waals surface area contributed by atoms with Gasteiger partial charge in [-0.15, -0.1) is 0 Å². The quantitative estimate of drug-likeness (QED) is 0.861. The maximum Gasteiger partial charge on any atom is 0.147 e. The van der Waals surface area contributed by atoms with Gasteiger partial charge in [-0.05, 0) is 6.42 Å². The SMILES string of the molecule is CCC1CN(c2cncc(CO)n2)CCS1. The van der Waals surface area contributed by atoms with Crippen molar-refractivity contribution in [3.8, 4) is 0 Å². The van der Waals surface area contributed by atoms with Crippen LogP contribution >= 0.6 is 11.8 Å². The Morgan fingerprint density at radius 3 is 3.19 bits per heavy atom. The van der Waals surface area contributed by atoms with E-state index in [0.717, 1.165) is 24.7 Å². The molecule has 1 atom stereocenters. The zero-order valence-electron chi connectivity index (χ0n) is 9.46. The van der Waals surface area contributed by atoms with E-state index in [9.17, 15) is 0 Å². The van der Waals surface area contributed by atoms with Crippen LogP contribution in [-0.2, 0) is 6.61 Å². The normalized spacial score (nSPS) is 21.1. The van der Waals surface area contributed by atoms with E-state index in [1.807, 2.05) is 11.8 Å². The summed E-state index contributed by atoms with van der Waals surface area (Å²) in [5, 5.41) is 9.72. The molecule has 1 aliphatic rings. The van der Waals surface area contributed by atoms with Crippen LogP contribution in [0.2, 0.25) is 0 Å². The van der Waals surface area contributed by atoms with Gasteiger partial charge in [0, 0.05) is 24.1 Å². The van der Waals surface area contributed by atoms with Gasteiger partial charge in [0.2, 0.25) is 0 Å². The van der Waals surface area contributed by atoms with Crippen molar-refractivity contribution >= 4 is 17.6 Å². The lowest BCUT2D eigenvalue weighted by atomic mass is 10.3. The molecule has 1 N–H and O–H groups in total. The summed E-state index contributed by atoms with van der Waals surface area (Å²) in [5.74, 6) is 2.04. The van der Waals surface area contributed by atoms with Crippen LogP contribution in [0, 0.1) is 0 Å². The Labute approximate surface area is 100 Å². The molecule has 0 bridgehead atoms. The van der Waals surface area contributed by atoms with Crippen molar-refractivity contribution in [2.75, 3.05) is 23.7 Å². The highest BCUT2D eigenvalue weighted by atomic mass is 32.2. The number of anilines is 1. The molecular formula is C11H17N3OS.